The van der Waals surface area contributed by atoms with Crippen LogP contribution in [0, 0.1) is 5.92 Å². The van der Waals surface area contributed by atoms with Crippen LogP contribution in [0.25, 0.3) is 0 Å². The summed E-state index contributed by atoms with van der Waals surface area (Å²) < 4.78 is 5.61. The molecule has 2 fully saturated rings. The fraction of sp³-hybridized carbons (Fsp3) is 1.00. The molecule has 1 saturated carbocycles. The predicted molar refractivity (Wildman–Crippen MR) is 84.9 cm³/mol. The van der Waals surface area contributed by atoms with Gasteiger partial charge in [-0.2, -0.15) is 0 Å². The zero-order valence-corrected chi connectivity index (χ0v) is 13.6. The van der Waals surface area contributed by atoms with Crippen molar-refractivity contribution in [3.8, 4) is 0 Å². The van der Waals surface area contributed by atoms with Crippen molar-refractivity contribution in [2.45, 2.75) is 76.4 Å². The maximum atomic E-state index is 6.26. The average Bonchev–Trinajstić information content (AvgIpc) is 2.71. The number of piperidine rings is 1. The molecule has 3 atom stereocenters. The van der Waals surface area contributed by atoms with Crippen molar-refractivity contribution in [1.29, 1.82) is 0 Å². The fourth-order valence-corrected chi connectivity index (χ4v) is 4.37. The van der Waals surface area contributed by atoms with Crippen molar-refractivity contribution >= 4 is 0 Å². The summed E-state index contributed by atoms with van der Waals surface area (Å²) in [6.07, 6.45) is 12.4. The second kappa shape index (κ2) is 7.77. The van der Waals surface area contributed by atoms with Crippen LogP contribution in [0.5, 0.6) is 0 Å². The molecule has 0 aromatic carbocycles. The summed E-state index contributed by atoms with van der Waals surface area (Å²) in [6.45, 7) is 5.44. The summed E-state index contributed by atoms with van der Waals surface area (Å²) in [4.78, 5) is 2.68. The molecule has 1 aliphatic carbocycles. The molecule has 0 amide bonds. The summed E-state index contributed by atoms with van der Waals surface area (Å²) in [5.74, 6) is 0.941. The van der Waals surface area contributed by atoms with Crippen LogP contribution in [0.4, 0.5) is 0 Å². The van der Waals surface area contributed by atoms with Gasteiger partial charge in [-0.25, -0.2) is 0 Å². The summed E-state index contributed by atoms with van der Waals surface area (Å²) in [5.41, 5.74) is 6.53. The molecule has 2 aliphatic rings. The largest absolute Gasteiger partial charge is 0.380 e. The van der Waals surface area contributed by atoms with Gasteiger partial charge in [-0.3, -0.25) is 4.90 Å². The lowest BCUT2D eigenvalue weighted by Crippen LogP contribution is -2.57. The van der Waals surface area contributed by atoms with Gasteiger partial charge in [0.25, 0.3) is 0 Å². The van der Waals surface area contributed by atoms with Crippen LogP contribution in [0.15, 0.2) is 0 Å². The van der Waals surface area contributed by atoms with Gasteiger partial charge in [-0.1, -0.05) is 32.6 Å². The van der Waals surface area contributed by atoms with Gasteiger partial charge in [0.2, 0.25) is 0 Å². The van der Waals surface area contributed by atoms with Crippen LogP contribution in [-0.4, -0.2) is 43.3 Å². The molecule has 3 nitrogen and oxygen atoms in total. The zero-order chi connectivity index (χ0) is 14.4. The van der Waals surface area contributed by atoms with Gasteiger partial charge in [0.1, 0.15) is 0 Å². The molecule has 0 aromatic rings. The maximum absolute atomic E-state index is 6.26. The molecule has 1 saturated heterocycles. The Morgan fingerprint density at radius 3 is 2.75 bits per heavy atom. The highest BCUT2D eigenvalue weighted by molar-refractivity contribution is 4.96. The number of methoxy groups -OCH3 is 1. The third-order valence-electron chi connectivity index (χ3n) is 5.73. The molecule has 2 N–H and O–H groups in total. The molecule has 0 aromatic heterocycles. The van der Waals surface area contributed by atoms with E-state index in [0.29, 0.717) is 6.10 Å². The van der Waals surface area contributed by atoms with E-state index in [1.165, 1.54) is 64.3 Å². The fourth-order valence-electron chi connectivity index (χ4n) is 4.37. The van der Waals surface area contributed by atoms with Crippen molar-refractivity contribution < 1.29 is 4.74 Å². The highest BCUT2D eigenvalue weighted by atomic mass is 16.5. The number of ether oxygens (including phenoxy) is 1. The molecule has 3 heteroatoms. The Hall–Kier alpha value is -0.120. The van der Waals surface area contributed by atoms with Crippen LogP contribution in [0.3, 0.4) is 0 Å². The lowest BCUT2D eigenvalue weighted by molar-refractivity contribution is -0.0231. The summed E-state index contributed by atoms with van der Waals surface area (Å²) >= 11 is 0. The number of nitrogens with zero attached hydrogens (tertiary/aromatic N) is 1. The third-order valence-corrected chi connectivity index (χ3v) is 5.73. The first kappa shape index (κ1) is 16.3. The Bertz CT molecular complexity index is 284. The van der Waals surface area contributed by atoms with E-state index >= 15 is 0 Å². The SMILES string of the molecule is CCCC1CCCC(CN)(N2CCCC(OC)C2)CC1. The Balaban J connectivity index is 2.01. The van der Waals surface area contributed by atoms with Gasteiger partial charge in [0, 0.05) is 25.7 Å². The second-order valence-corrected chi connectivity index (χ2v) is 6.96. The monoisotopic (exact) mass is 282 g/mol. The lowest BCUT2D eigenvalue weighted by Gasteiger charge is -2.47. The first-order valence-electron chi connectivity index (χ1n) is 8.72. The molecule has 0 spiro atoms. The van der Waals surface area contributed by atoms with E-state index < -0.39 is 0 Å². The molecular formula is C17H34N2O. The molecule has 1 aliphatic heterocycles. The predicted octanol–water partition coefficient (Wildman–Crippen LogP) is 3.18. The maximum Gasteiger partial charge on any atom is 0.0698 e. The molecular weight excluding hydrogens is 248 g/mol. The van der Waals surface area contributed by atoms with Crippen molar-refractivity contribution in [2.75, 3.05) is 26.7 Å². The molecule has 20 heavy (non-hydrogen) atoms. The topological polar surface area (TPSA) is 38.5 Å². The minimum atomic E-state index is 0.264. The van der Waals surface area contributed by atoms with Crippen LogP contribution in [0.1, 0.15) is 64.7 Å². The highest BCUT2D eigenvalue weighted by Gasteiger charge is 2.39. The summed E-state index contributed by atoms with van der Waals surface area (Å²) in [5, 5.41) is 0. The lowest BCUT2D eigenvalue weighted by atomic mass is 9.85. The van der Waals surface area contributed by atoms with Crippen LogP contribution >= 0.6 is 0 Å². The van der Waals surface area contributed by atoms with E-state index in [1.54, 1.807) is 0 Å². The van der Waals surface area contributed by atoms with E-state index in [9.17, 15) is 0 Å². The van der Waals surface area contributed by atoms with Crippen molar-refractivity contribution in [3.63, 3.8) is 0 Å². The number of hydrogen-bond donors (Lipinski definition) is 1. The average molecular weight is 282 g/mol. The van der Waals surface area contributed by atoms with Crippen molar-refractivity contribution in [2.24, 2.45) is 11.7 Å². The van der Waals surface area contributed by atoms with E-state index in [-0.39, 0.29) is 5.54 Å². The molecule has 0 radical (unpaired) electrons. The standard InChI is InChI=1S/C17H34N2O/c1-3-6-15-7-4-10-17(14-18,11-9-15)19-12-5-8-16(13-19)20-2/h15-16H,3-14,18H2,1-2H3. The van der Waals surface area contributed by atoms with E-state index in [2.05, 4.69) is 11.8 Å². The molecule has 3 unspecified atom stereocenters. The van der Waals surface area contributed by atoms with Gasteiger partial charge in [0.15, 0.2) is 0 Å². The van der Waals surface area contributed by atoms with Gasteiger partial charge in [0.05, 0.1) is 6.10 Å². The highest BCUT2D eigenvalue weighted by Crippen LogP contribution is 2.37. The first-order valence-corrected chi connectivity index (χ1v) is 8.72. The molecule has 118 valence electrons. The number of likely N-dealkylation sites (tertiary alicyclic amines) is 1. The van der Waals surface area contributed by atoms with E-state index in [0.717, 1.165) is 19.0 Å². The van der Waals surface area contributed by atoms with Gasteiger partial charge < -0.3 is 10.5 Å². The minimum Gasteiger partial charge on any atom is -0.380 e. The van der Waals surface area contributed by atoms with Crippen molar-refractivity contribution in [3.05, 3.63) is 0 Å². The van der Waals surface area contributed by atoms with Crippen molar-refractivity contribution in [1.82, 2.24) is 4.90 Å². The quantitative estimate of drug-likeness (QED) is 0.787. The summed E-state index contributed by atoms with van der Waals surface area (Å²) in [6, 6.07) is 0. The Morgan fingerprint density at radius 2 is 2.05 bits per heavy atom. The Morgan fingerprint density at radius 1 is 1.20 bits per heavy atom. The zero-order valence-electron chi connectivity index (χ0n) is 13.6. The third kappa shape index (κ3) is 3.75. The van der Waals surface area contributed by atoms with Gasteiger partial charge in [-0.15, -0.1) is 0 Å². The van der Waals surface area contributed by atoms with Crippen LogP contribution < -0.4 is 5.73 Å². The van der Waals surface area contributed by atoms with E-state index in [1.807, 2.05) is 7.11 Å². The Labute approximate surface area is 125 Å². The number of nitrogens with two attached hydrogens (primary N) is 1. The summed E-state index contributed by atoms with van der Waals surface area (Å²) in [7, 11) is 1.85. The molecule has 2 rings (SSSR count). The van der Waals surface area contributed by atoms with Crippen LogP contribution in [0.2, 0.25) is 0 Å². The Kier molecular flexibility index (Phi) is 6.31. The second-order valence-electron chi connectivity index (χ2n) is 6.96. The number of rotatable bonds is 5. The van der Waals surface area contributed by atoms with Gasteiger partial charge >= 0.3 is 0 Å². The molecule has 0 bridgehead atoms. The first-order chi connectivity index (χ1) is 9.74. The normalized spacial score (nSPS) is 36.8. The van der Waals surface area contributed by atoms with Gasteiger partial charge in [-0.05, 0) is 44.6 Å². The van der Waals surface area contributed by atoms with Crippen LogP contribution in [-0.2, 0) is 4.74 Å². The number of hydrogen-bond acceptors (Lipinski definition) is 3. The van der Waals surface area contributed by atoms with E-state index in [4.69, 9.17) is 10.5 Å². The minimum absolute atomic E-state index is 0.264. The smallest absolute Gasteiger partial charge is 0.0698 e. The molecule has 1 heterocycles.